The lowest BCUT2D eigenvalue weighted by Crippen LogP contribution is -2.20. The number of hydrogen-bond donors (Lipinski definition) is 0. The van der Waals surface area contributed by atoms with Crippen molar-refractivity contribution in [3.8, 4) is 44.5 Å². The predicted octanol–water partition coefficient (Wildman–Crippen LogP) is 10.2. The molecular weight excluding hydrogens is 482 g/mol. The Hall–Kier alpha value is -4.88. The van der Waals surface area contributed by atoms with E-state index in [-0.39, 0.29) is 0 Å². The van der Waals surface area contributed by atoms with E-state index in [2.05, 4.69) is 157 Å². The summed E-state index contributed by atoms with van der Waals surface area (Å²) in [6.45, 7) is 3.94. The van der Waals surface area contributed by atoms with Crippen molar-refractivity contribution < 1.29 is 0 Å². The first-order chi connectivity index (χ1) is 19.7. The second-order valence-electron chi connectivity index (χ2n) is 10.8. The fourth-order valence-electron chi connectivity index (χ4n) is 5.94. The minimum absolute atomic E-state index is 0.894. The smallest absolute Gasteiger partial charge is 0.0439 e. The Morgan fingerprint density at radius 1 is 0.400 bits per heavy atom. The van der Waals surface area contributed by atoms with Crippen LogP contribution in [-0.4, -0.2) is 0 Å². The third-order valence-electron chi connectivity index (χ3n) is 8.00. The van der Waals surface area contributed by atoms with E-state index in [9.17, 15) is 0 Å². The number of anilines is 1. The molecule has 7 rings (SSSR count). The molecule has 0 radical (unpaired) electrons. The summed E-state index contributed by atoms with van der Waals surface area (Å²) in [7, 11) is 0. The molecule has 1 heterocycles. The van der Waals surface area contributed by atoms with Gasteiger partial charge in [-0.15, -0.1) is 0 Å². The molecule has 1 nitrogen and oxygen atoms in total. The van der Waals surface area contributed by atoms with Crippen molar-refractivity contribution in [2.24, 2.45) is 0 Å². The molecule has 0 bridgehead atoms. The van der Waals surface area contributed by atoms with E-state index < -0.39 is 0 Å². The Bertz CT molecular complexity index is 1750. The van der Waals surface area contributed by atoms with E-state index in [1.54, 1.807) is 0 Å². The topological polar surface area (TPSA) is 3.24 Å². The molecule has 6 aromatic carbocycles. The Morgan fingerprint density at radius 3 is 1.50 bits per heavy atom. The van der Waals surface area contributed by atoms with Gasteiger partial charge in [-0.25, -0.2) is 0 Å². The lowest BCUT2D eigenvalue weighted by Gasteiger charge is -2.24. The van der Waals surface area contributed by atoms with Crippen molar-refractivity contribution >= 4 is 5.69 Å². The van der Waals surface area contributed by atoms with Crippen molar-refractivity contribution in [1.82, 2.24) is 0 Å². The summed E-state index contributed by atoms with van der Waals surface area (Å²) in [4.78, 5) is 2.49. The molecule has 192 valence electrons. The van der Waals surface area contributed by atoms with Gasteiger partial charge in [0.25, 0.3) is 0 Å². The summed E-state index contributed by atoms with van der Waals surface area (Å²) in [6, 6.07) is 53.2. The molecule has 6 aromatic rings. The van der Waals surface area contributed by atoms with E-state index in [0.717, 1.165) is 13.1 Å². The van der Waals surface area contributed by atoms with Crippen molar-refractivity contribution in [2.45, 2.75) is 20.0 Å². The molecule has 0 saturated carbocycles. The quantitative estimate of drug-likeness (QED) is 0.227. The average molecular weight is 514 g/mol. The molecule has 40 heavy (non-hydrogen) atoms. The number of nitrogens with zero attached hydrogens (tertiary/aromatic N) is 1. The summed E-state index contributed by atoms with van der Waals surface area (Å²) < 4.78 is 0. The fourth-order valence-corrected chi connectivity index (χ4v) is 5.94. The zero-order chi connectivity index (χ0) is 26.9. The van der Waals surface area contributed by atoms with Crippen molar-refractivity contribution in [3.05, 3.63) is 162 Å². The lowest BCUT2D eigenvalue weighted by atomic mass is 9.93. The highest BCUT2D eigenvalue weighted by Crippen LogP contribution is 2.37. The van der Waals surface area contributed by atoms with Crippen molar-refractivity contribution in [3.63, 3.8) is 0 Å². The zero-order valence-electron chi connectivity index (χ0n) is 22.7. The van der Waals surface area contributed by atoms with Crippen LogP contribution in [0.15, 0.2) is 146 Å². The van der Waals surface area contributed by atoms with Crippen LogP contribution in [0.25, 0.3) is 44.5 Å². The van der Waals surface area contributed by atoms with Gasteiger partial charge < -0.3 is 4.90 Å². The van der Waals surface area contributed by atoms with Crippen LogP contribution in [0, 0.1) is 6.92 Å². The lowest BCUT2D eigenvalue weighted by molar-refractivity contribution is 0.812. The number of aryl methyl sites for hydroxylation is 1. The maximum absolute atomic E-state index is 2.49. The first kappa shape index (κ1) is 24.2. The highest BCUT2D eigenvalue weighted by atomic mass is 15.1. The number of benzene rings is 6. The monoisotopic (exact) mass is 513 g/mol. The van der Waals surface area contributed by atoms with E-state index in [1.165, 1.54) is 66.9 Å². The minimum atomic E-state index is 0.894. The third-order valence-corrected chi connectivity index (χ3v) is 8.00. The first-order valence-electron chi connectivity index (χ1n) is 14.0. The Kier molecular flexibility index (Phi) is 6.26. The highest BCUT2D eigenvalue weighted by molar-refractivity contribution is 5.82. The Balaban J connectivity index is 1.27. The van der Waals surface area contributed by atoms with Crippen molar-refractivity contribution in [1.29, 1.82) is 0 Å². The van der Waals surface area contributed by atoms with Crippen LogP contribution in [0.1, 0.15) is 16.7 Å². The maximum atomic E-state index is 2.49. The Morgan fingerprint density at radius 2 is 0.900 bits per heavy atom. The molecule has 0 amide bonds. The first-order valence-corrected chi connectivity index (χ1v) is 14.0. The summed E-state index contributed by atoms with van der Waals surface area (Å²) in [6.07, 6.45) is 0. The van der Waals surface area contributed by atoms with Gasteiger partial charge in [0.2, 0.25) is 0 Å². The molecule has 0 atom stereocenters. The molecule has 0 unspecified atom stereocenters. The zero-order valence-corrected chi connectivity index (χ0v) is 22.7. The van der Waals surface area contributed by atoms with Gasteiger partial charge in [0.1, 0.15) is 0 Å². The molecule has 0 spiro atoms. The molecule has 0 saturated heterocycles. The second kappa shape index (κ2) is 10.4. The summed E-state index contributed by atoms with van der Waals surface area (Å²) in [5.41, 5.74) is 15.4. The molecule has 0 aromatic heterocycles. The molecular formula is C39H31N. The number of fused-ring (bicyclic) bond motifs is 3. The fraction of sp³-hybridized carbons (Fsp3) is 0.0769. The predicted molar refractivity (Wildman–Crippen MR) is 169 cm³/mol. The highest BCUT2D eigenvalue weighted by Gasteiger charge is 2.19. The molecule has 1 aliphatic rings. The summed E-state index contributed by atoms with van der Waals surface area (Å²) in [5, 5.41) is 0. The molecule has 1 aliphatic heterocycles. The normalized spacial score (nSPS) is 12.4. The van der Waals surface area contributed by atoms with Gasteiger partial charge in [-0.1, -0.05) is 121 Å². The van der Waals surface area contributed by atoms with E-state index in [0.29, 0.717) is 0 Å². The summed E-state index contributed by atoms with van der Waals surface area (Å²) in [5.74, 6) is 0. The van der Waals surface area contributed by atoms with Crippen LogP contribution in [0.3, 0.4) is 0 Å². The SMILES string of the molecule is Cc1cccc(-c2cc(-c3ccccc3)cc(-c3ccc(N4Cc5ccccc5-c5ccccc5C4)cc3)c2)c1. The molecule has 0 N–H and O–H groups in total. The number of rotatable bonds is 4. The van der Waals surface area contributed by atoms with Gasteiger partial charge in [0.15, 0.2) is 0 Å². The number of hydrogen-bond acceptors (Lipinski definition) is 1. The van der Waals surface area contributed by atoms with Crippen LogP contribution in [0.2, 0.25) is 0 Å². The second-order valence-corrected chi connectivity index (χ2v) is 10.8. The van der Waals surface area contributed by atoms with Gasteiger partial charge in [-0.05, 0) is 92.9 Å². The van der Waals surface area contributed by atoms with Crippen LogP contribution < -0.4 is 4.90 Å². The molecule has 0 fully saturated rings. The summed E-state index contributed by atoms with van der Waals surface area (Å²) >= 11 is 0. The van der Waals surface area contributed by atoms with Crippen molar-refractivity contribution in [2.75, 3.05) is 4.90 Å². The van der Waals surface area contributed by atoms with Crippen LogP contribution >= 0.6 is 0 Å². The van der Waals surface area contributed by atoms with E-state index in [1.807, 2.05) is 0 Å². The van der Waals surface area contributed by atoms with Gasteiger partial charge in [-0.3, -0.25) is 0 Å². The van der Waals surface area contributed by atoms with Crippen LogP contribution in [0.5, 0.6) is 0 Å². The average Bonchev–Trinajstić information content (AvgIpc) is 3.18. The third kappa shape index (κ3) is 4.72. The van der Waals surface area contributed by atoms with Gasteiger partial charge >= 0.3 is 0 Å². The molecule has 0 aliphatic carbocycles. The maximum Gasteiger partial charge on any atom is 0.0439 e. The van der Waals surface area contributed by atoms with Crippen LogP contribution in [0.4, 0.5) is 5.69 Å². The van der Waals surface area contributed by atoms with E-state index in [4.69, 9.17) is 0 Å². The largest absolute Gasteiger partial charge is 0.363 e. The van der Waals surface area contributed by atoms with Gasteiger partial charge in [0.05, 0.1) is 0 Å². The Labute approximate surface area is 237 Å². The standard InChI is InChI=1S/C39H31N/c1-28-10-9-15-31(22-28)36-24-34(29-11-3-2-4-12-29)23-35(25-36)30-18-20-37(21-19-30)40-26-32-13-5-7-16-38(32)39-17-8-6-14-33(39)27-40/h2-25H,26-27H2,1H3. The van der Waals surface area contributed by atoms with Crippen LogP contribution in [-0.2, 0) is 13.1 Å². The minimum Gasteiger partial charge on any atom is -0.363 e. The van der Waals surface area contributed by atoms with Gasteiger partial charge in [0, 0.05) is 18.8 Å². The molecule has 1 heteroatoms. The van der Waals surface area contributed by atoms with Gasteiger partial charge in [-0.2, -0.15) is 0 Å². The van der Waals surface area contributed by atoms with E-state index >= 15 is 0 Å².